The lowest BCUT2D eigenvalue weighted by Gasteiger charge is -2.21. The fourth-order valence-corrected chi connectivity index (χ4v) is 9.86. The van der Waals surface area contributed by atoms with Crippen LogP contribution < -0.4 is 0 Å². The molecule has 0 radical (unpaired) electrons. The molecule has 10 aromatic rings. The molecule has 0 fully saturated rings. The van der Waals surface area contributed by atoms with Crippen molar-refractivity contribution >= 4 is 43.2 Å². The summed E-state index contributed by atoms with van der Waals surface area (Å²) in [6.07, 6.45) is 0. The molecule has 0 bridgehead atoms. The number of rotatable bonds is 5. The van der Waals surface area contributed by atoms with Crippen LogP contribution in [0.4, 0.5) is 0 Å². The van der Waals surface area contributed by atoms with E-state index in [2.05, 4.69) is 194 Å². The van der Waals surface area contributed by atoms with Crippen molar-refractivity contribution in [2.45, 2.75) is 19.3 Å². The van der Waals surface area contributed by atoms with E-state index in [4.69, 9.17) is 9.97 Å². The minimum Gasteiger partial charge on any atom is -0.309 e. The molecule has 0 unspecified atom stereocenters. The Morgan fingerprint density at radius 2 is 1.09 bits per heavy atom. The molecule has 55 heavy (non-hydrogen) atoms. The third kappa shape index (κ3) is 4.95. The first-order valence-electron chi connectivity index (χ1n) is 18.8. The van der Waals surface area contributed by atoms with E-state index in [9.17, 15) is 0 Å². The topological polar surface area (TPSA) is 30.7 Å². The predicted molar refractivity (Wildman–Crippen MR) is 231 cm³/mol. The number of para-hydroxylation sites is 3. The molecule has 0 saturated heterocycles. The maximum absolute atomic E-state index is 5.49. The van der Waals surface area contributed by atoms with Gasteiger partial charge in [0, 0.05) is 42.5 Å². The molecule has 0 saturated carbocycles. The first-order chi connectivity index (χ1) is 27.0. The number of thiophene rings is 1. The van der Waals surface area contributed by atoms with Gasteiger partial charge in [-0.3, -0.25) is 0 Å². The average Bonchev–Trinajstić information content (AvgIpc) is 3.90. The van der Waals surface area contributed by atoms with Crippen LogP contribution in [0, 0.1) is 0 Å². The molecule has 11 rings (SSSR count). The summed E-state index contributed by atoms with van der Waals surface area (Å²) in [7, 11) is 0. The van der Waals surface area contributed by atoms with E-state index in [-0.39, 0.29) is 5.41 Å². The zero-order valence-corrected chi connectivity index (χ0v) is 31.3. The molecule has 1 aliphatic rings. The van der Waals surface area contributed by atoms with Crippen LogP contribution in [0.5, 0.6) is 0 Å². The summed E-state index contributed by atoms with van der Waals surface area (Å²) >= 11 is 1.83. The number of hydrogen-bond donors (Lipinski definition) is 0. The highest BCUT2D eigenvalue weighted by Crippen LogP contribution is 2.52. The summed E-state index contributed by atoms with van der Waals surface area (Å²) < 4.78 is 3.67. The van der Waals surface area contributed by atoms with Crippen LogP contribution in [-0.2, 0) is 5.41 Å². The van der Waals surface area contributed by atoms with Gasteiger partial charge >= 0.3 is 0 Å². The SMILES string of the molecule is CC1(C)c2ccccc2-c2c(-c3cc(-c4ccc(-c5cc6ccccc6s5)cc4)nc(-c4ccccc4-n4c5ccccc5c5ccccc54)n3)cccc21. The van der Waals surface area contributed by atoms with Crippen molar-refractivity contribution in [1.29, 1.82) is 0 Å². The van der Waals surface area contributed by atoms with Gasteiger partial charge in [0.15, 0.2) is 5.82 Å². The van der Waals surface area contributed by atoms with Crippen molar-refractivity contribution in [2.75, 3.05) is 0 Å². The van der Waals surface area contributed by atoms with Crippen molar-refractivity contribution in [3.8, 4) is 61.2 Å². The van der Waals surface area contributed by atoms with Crippen molar-refractivity contribution in [3.05, 3.63) is 187 Å². The lowest BCUT2D eigenvalue weighted by Crippen LogP contribution is -2.14. The second kappa shape index (κ2) is 12.2. The number of hydrogen-bond acceptors (Lipinski definition) is 3. The monoisotopic (exact) mass is 721 g/mol. The van der Waals surface area contributed by atoms with E-state index in [0.29, 0.717) is 5.82 Å². The second-order valence-corrected chi connectivity index (χ2v) is 16.1. The number of nitrogens with zero attached hydrogens (tertiary/aromatic N) is 3. The van der Waals surface area contributed by atoms with E-state index in [1.807, 2.05) is 11.3 Å². The third-order valence-corrected chi connectivity index (χ3v) is 12.6. The molecule has 0 N–H and O–H groups in total. The van der Waals surface area contributed by atoms with Crippen LogP contribution in [0.2, 0.25) is 0 Å². The quantitative estimate of drug-likeness (QED) is 0.177. The fraction of sp³-hybridized carbons (Fsp3) is 0.0588. The Bertz CT molecular complexity index is 3040. The maximum Gasteiger partial charge on any atom is 0.162 e. The summed E-state index contributed by atoms with van der Waals surface area (Å²) in [6, 6.07) is 63.4. The van der Waals surface area contributed by atoms with E-state index < -0.39 is 0 Å². The van der Waals surface area contributed by atoms with Crippen LogP contribution in [-0.4, -0.2) is 14.5 Å². The molecule has 0 amide bonds. The molecule has 4 heteroatoms. The molecule has 0 aliphatic heterocycles. The summed E-state index contributed by atoms with van der Waals surface area (Å²) in [5, 5.41) is 3.73. The number of aromatic nitrogens is 3. The van der Waals surface area contributed by atoms with Gasteiger partial charge < -0.3 is 4.57 Å². The van der Waals surface area contributed by atoms with Crippen molar-refractivity contribution in [1.82, 2.24) is 14.5 Å². The smallest absolute Gasteiger partial charge is 0.162 e. The van der Waals surface area contributed by atoms with Gasteiger partial charge in [-0.2, -0.15) is 0 Å². The van der Waals surface area contributed by atoms with Crippen molar-refractivity contribution in [2.24, 2.45) is 0 Å². The molecule has 3 heterocycles. The molecular weight excluding hydrogens is 687 g/mol. The second-order valence-electron chi connectivity index (χ2n) is 15.0. The number of benzene rings is 7. The van der Waals surface area contributed by atoms with Gasteiger partial charge in [-0.1, -0.05) is 147 Å². The Morgan fingerprint density at radius 1 is 0.491 bits per heavy atom. The van der Waals surface area contributed by atoms with Gasteiger partial charge in [-0.15, -0.1) is 11.3 Å². The van der Waals surface area contributed by atoms with E-state index in [0.717, 1.165) is 44.8 Å². The predicted octanol–water partition coefficient (Wildman–Crippen LogP) is 13.8. The van der Waals surface area contributed by atoms with Gasteiger partial charge in [-0.05, 0) is 75.7 Å². The Balaban J connectivity index is 1.14. The minimum absolute atomic E-state index is 0.119. The van der Waals surface area contributed by atoms with Gasteiger partial charge in [0.2, 0.25) is 0 Å². The van der Waals surface area contributed by atoms with Crippen LogP contribution in [0.3, 0.4) is 0 Å². The first kappa shape index (κ1) is 31.9. The van der Waals surface area contributed by atoms with E-state index >= 15 is 0 Å². The Hall–Kier alpha value is -6.62. The highest BCUT2D eigenvalue weighted by molar-refractivity contribution is 7.22. The van der Waals surface area contributed by atoms with Gasteiger partial charge in [-0.25, -0.2) is 9.97 Å². The zero-order valence-electron chi connectivity index (χ0n) is 30.5. The standard InChI is InChI=1S/C51H35N3S/c1-51(2)40-20-8-4-17-37(40)49-38(19-13-21-41(49)51)43-31-42(32-26-28-33(29-27-32)48-30-34-14-3-12-25-47(34)55-48)52-50(53-43)39-18-7-11-24-46(39)54-44-22-9-5-15-35(44)36-16-6-10-23-45(36)54/h3-31H,1-2H3. The molecule has 0 spiro atoms. The van der Waals surface area contributed by atoms with Gasteiger partial charge in [0.05, 0.1) is 28.1 Å². The molecule has 260 valence electrons. The van der Waals surface area contributed by atoms with Crippen molar-refractivity contribution < 1.29 is 0 Å². The van der Waals surface area contributed by atoms with Crippen LogP contribution in [0.1, 0.15) is 25.0 Å². The van der Waals surface area contributed by atoms with Crippen LogP contribution >= 0.6 is 11.3 Å². The maximum atomic E-state index is 5.49. The van der Waals surface area contributed by atoms with Crippen molar-refractivity contribution in [3.63, 3.8) is 0 Å². The Morgan fingerprint density at radius 3 is 1.87 bits per heavy atom. The van der Waals surface area contributed by atoms with Gasteiger partial charge in [0.25, 0.3) is 0 Å². The van der Waals surface area contributed by atoms with Gasteiger partial charge in [0.1, 0.15) is 0 Å². The average molecular weight is 722 g/mol. The lowest BCUT2D eigenvalue weighted by molar-refractivity contribution is 0.660. The third-order valence-electron chi connectivity index (χ3n) is 11.5. The number of fused-ring (bicyclic) bond motifs is 7. The molecular formula is C51H35N3S. The lowest BCUT2D eigenvalue weighted by atomic mass is 9.82. The molecule has 7 aromatic carbocycles. The van der Waals surface area contributed by atoms with E-state index in [1.54, 1.807) is 0 Å². The Kier molecular flexibility index (Phi) is 7.07. The Labute approximate surface area is 323 Å². The molecule has 3 aromatic heterocycles. The summed E-state index contributed by atoms with van der Waals surface area (Å²) in [6.45, 7) is 4.66. The summed E-state index contributed by atoms with van der Waals surface area (Å²) in [5.41, 5.74) is 14.6. The summed E-state index contributed by atoms with van der Waals surface area (Å²) in [4.78, 5) is 12.2. The highest BCUT2D eigenvalue weighted by Gasteiger charge is 2.37. The largest absolute Gasteiger partial charge is 0.309 e. The zero-order chi connectivity index (χ0) is 36.7. The normalized spacial score (nSPS) is 13.1. The van der Waals surface area contributed by atoms with Crippen LogP contribution in [0.25, 0.3) is 93.0 Å². The molecule has 1 aliphatic carbocycles. The molecule has 3 nitrogen and oxygen atoms in total. The van der Waals surface area contributed by atoms with Crippen LogP contribution in [0.15, 0.2) is 176 Å². The highest BCUT2D eigenvalue weighted by atomic mass is 32.1. The first-order valence-corrected chi connectivity index (χ1v) is 19.6. The summed E-state index contributed by atoms with van der Waals surface area (Å²) in [5.74, 6) is 0.696. The van der Waals surface area contributed by atoms with E-state index in [1.165, 1.54) is 53.6 Å². The fourth-order valence-electron chi connectivity index (χ4n) is 8.79. The minimum atomic E-state index is -0.119. The molecule has 0 atom stereocenters.